The SMILES string of the molecule is COC(=O)C1=C(C)N(c2cccc(C(F)(F)F)c2)c2n[nH]c(=O)n2[C@@H]1c1ccc(C#N)cc1CC[n+]1ccn(-c2ccccc2)c1.O=C[O-]. The van der Waals surface area contributed by atoms with Crippen molar-refractivity contribution in [2.75, 3.05) is 12.0 Å². The van der Waals surface area contributed by atoms with Crippen molar-refractivity contribution in [1.82, 2.24) is 19.3 Å². The molecule has 1 aliphatic rings. The molecule has 6 rings (SSSR count). The number of hydrogen-bond acceptors (Lipinski definition) is 8. The molecule has 2 aromatic heterocycles. The number of ether oxygens (including phenoxy) is 1. The number of allylic oxidation sites excluding steroid dienone is 1. The standard InChI is InChI=1S/C33H26F3N7O3.CH2O2/c1-21-28(30(44)46-2)29(43-31(38-39-32(43)45)42(21)26-10-6-7-24(18-26)33(34,35)36)27-12-11-22(19-37)17-23(27)13-14-40-15-16-41(20-40)25-8-4-3-5-9-25;2-1-3/h3-12,15-18,20,29H,13-14H2,1-2H3;1H,(H,2,3)/t29-;/m1./s1. The van der Waals surface area contributed by atoms with E-state index in [4.69, 9.17) is 14.6 Å². The summed E-state index contributed by atoms with van der Waals surface area (Å²) in [5, 5.41) is 24.5. The van der Waals surface area contributed by atoms with Crippen LogP contribution in [0.25, 0.3) is 5.69 Å². The van der Waals surface area contributed by atoms with Crippen LogP contribution in [0.15, 0.2) is 108 Å². The molecule has 3 heterocycles. The number of benzene rings is 3. The number of fused-ring (bicyclic) bond motifs is 1. The number of halogens is 3. The van der Waals surface area contributed by atoms with Crippen LogP contribution in [-0.2, 0) is 33.5 Å². The molecule has 15 heteroatoms. The first-order valence-corrected chi connectivity index (χ1v) is 14.7. The van der Waals surface area contributed by atoms with Crippen molar-refractivity contribution in [2.45, 2.75) is 32.1 Å². The number of para-hydroxylation sites is 1. The summed E-state index contributed by atoms with van der Waals surface area (Å²) in [6.07, 6.45) is 1.55. The van der Waals surface area contributed by atoms with E-state index in [9.17, 15) is 28.0 Å². The quantitative estimate of drug-likeness (QED) is 0.157. The molecule has 12 nitrogen and oxygen atoms in total. The third-order valence-corrected chi connectivity index (χ3v) is 7.93. The van der Waals surface area contributed by atoms with E-state index < -0.39 is 35.9 Å². The molecule has 0 unspecified atom stereocenters. The van der Waals surface area contributed by atoms with Crippen LogP contribution in [0, 0.1) is 11.3 Å². The minimum absolute atomic E-state index is 0.0101. The Morgan fingerprint density at radius 2 is 1.84 bits per heavy atom. The molecule has 3 aromatic carbocycles. The van der Waals surface area contributed by atoms with Crippen LogP contribution < -0.4 is 20.3 Å². The fraction of sp³-hybridized carbons (Fsp3) is 0.176. The number of nitrogens with zero attached hydrogens (tertiary/aromatic N) is 6. The van der Waals surface area contributed by atoms with Crippen LogP contribution in [0.4, 0.5) is 24.8 Å². The summed E-state index contributed by atoms with van der Waals surface area (Å²) in [4.78, 5) is 36.4. The number of nitrogens with one attached hydrogen (secondary N) is 1. The Balaban J connectivity index is 0.00000151. The molecule has 250 valence electrons. The number of nitriles is 1. The van der Waals surface area contributed by atoms with Gasteiger partial charge in [-0.05, 0) is 60.5 Å². The molecule has 1 aliphatic heterocycles. The summed E-state index contributed by atoms with van der Waals surface area (Å²) in [6, 6.07) is 20.4. The number of esters is 1. The van der Waals surface area contributed by atoms with Gasteiger partial charge in [-0.25, -0.2) is 28.4 Å². The maximum absolute atomic E-state index is 13.7. The van der Waals surface area contributed by atoms with Crippen LogP contribution in [0.2, 0.25) is 0 Å². The van der Waals surface area contributed by atoms with E-state index in [1.165, 1.54) is 28.7 Å². The second-order valence-corrected chi connectivity index (χ2v) is 10.7. The summed E-state index contributed by atoms with van der Waals surface area (Å²) < 4.78 is 51.3. The van der Waals surface area contributed by atoms with Crippen LogP contribution in [0.5, 0.6) is 0 Å². The van der Waals surface area contributed by atoms with Gasteiger partial charge in [0.1, 0.15) is 24.1 Å². The highest BCUT2D eigenvalue weighted by atomic mass is 19.4. The summed E-state index contributed by atoms with van der Waals surface area (Å²) in [6.45, 7) is 1.56. The number of carbonyl (C=O) groups excluding carboxylic acids is 2. The van der Waals surface area contributed by atoms with Crippen molar-refractivity contribution in [2.24, 2.45) is 0 Å². The van der Waals surface area contributed by atoms with E-state index >= 15 is 0 Å². The van der Waals surface area contributed by atoms with E-state index in [1.807, 2.05) is 58.2 Å². The molecule has 0 spiro atoms. The Morgan fingerprint density at radius 3 is 2.51 bits per heavy atom. The molecule has 0 saturated carbocycles. The third-order valence-electron chi connectivity index (χ3n) is 7.93. The van der Waals surface area contributed by atoms with Gasteiger partial charge in [0.25, 0.3) is 0 Å². The van der Waals surface area contributed by atoms with Gasteiger partial charge in [-0.1, -0.05) is 30.3 Å². The lowest BCUT2D eigenvalue weighted by Crippen LogP contribution is -2.38. The van der Waals surface area contributed by atoms with E-state index in [0.29, 0.717) is 29.7 Å². The van der Waals surface area contributed by atoms with E-state index in [-0.39, 0.29) is 22.9 Å². The molecule has 49 heavy (non-hydrogen) atoms. The number of aryl methyl sites for hydroxylation is 2. The van der Waals surface area contributed by atoms with Gasteiger partial charge < -0.3 is 14.6 Å². The van der Waals surface area contributed by atoms with E-state index in [1.54, 1.807) is 25.1 Å². The zero-order valence-corrected chi connectivity index (χ0v) is 26.1. The lowest BCUT2D eigenvalue weighted by atomic mass is 9.89. The summed E-state index contributed by atoms with van der Waals surface area (Å²) >= 11 is 0. The van der Waals surface area contributed by atoms with Crippen molar-refractivity contribution in [3.05, 3.63) is 136 Å². The van der Waals surface area contributed by atoms with E-state index in [2.05, 4.69) is 16.3 Å². The zero-order chi connectivity index (χ0) is 35.3. The third kappa shape index (κ3) is 6.84. The maximum atomic E-state index is 13.7. The number of aromatic nitrogens is 5. The molecule has 0 saturated heterocycles. The fourth-order valence-corrected chi connectivity index (χ4v) is 5.77. The van der Waals surface area contributed by atoms with Gasteiger partial charge in [-0.15, -0.1) is 5.10 Å². The minimum Gasteiger partial charge on any atom is -0.554 e. The number of anilines is 2. The first-order chi connectivity index (χ1) is 23.5. The topological polar surface area (TPSA) is 153 Å². The maximum Gasteiger partial charge on any atom is 0.416 e. The highest BCUT2D eigenvalue weighted by Crippen LogP contribution is 2.43. The molecule has 1 N–H and O–H groups in total. The molecule has 0 fully saturated rings. The second kappa shape index (κ2) is 14.1. The normalized spacial score (nSPS) is 14.0. The predicted molar refractivity (Wildman–Crippen MR) is 166 cm³/mol. The molecule has 0 aliphatic carbocycles. The molecule has 5 aromatic rings. The lowest BCUT2D eigenvalue weighted by molar-refractivity contribution is -0.695. The Kier molecular flexibility index (Phi) is 9.79. The Morgan fingerprint density at radius 1 is 1.12 bits per heavy atom. The summed E-state index contributed by atoms with van der Waals surface area (Å²) in [7, 11) is 1.19. The number of alkyl halides is 3. The van der Waals surface area contributed by atoms with Gasteiger partial charge in [0.15, 0.2) is 0 Å². The van der Waals surface area contributed by atoms with Crippen LogP contribution in [0.3, 0.4) is 0 Å². The summed E-state index contributed by atoms with van der Waals surface area (Å²) in [5.41, 5.74) is 1.31. The Hall–Kier alpha value is -6.43. The molecular weight excluding hydrogens is 643 g/mol. The van der Waals surface area contributed by atoms with Crippen LogP contribution in [0.1, 0.15) is 35.2 Å². The van der Waals surface area contributed by atoms with Gasteiger partial charge in [0.05, 0.1) is 36.4 Å². The Bertz CT molecular complexity index is 2130. The van der Waals surface area contributed by atoms with Gasteiger partial charge in [-0.3, -0.25) is 4.90 Å². The van der Waals surface area contributed by atoms with Gasteiger partial charge in [-0.2, -0.15) is 18.4 Å². The first-order valence-electron chi connectivity index (χ1n) is 14.7. The first kappa shape index (κ1) is 33.9. The average Bonchev–Trinajstić information content (AvgIpc) is 3.73. The number of methoxy groups -OCH3 is 1. The highest BCUT2D eigenvalue weighted by molar-refractivity contribution is 5.93. The molecular formula is C34H28F3N7O5. The second-order valence-electron chi connectivity index (χ2n) is 10.7. The zero-order valence-electron chi connectivity index (χ0n) is 26.1. The predicted octanol–water partition coefficient (Wildman–Crippen LogP) is 3.34. The van der Waals surface area contributed by atoms with Gasteiger partial charge in [0, 0.05) is 24.3 Å². The van der Waals surface area contributed by atoms with Gasteiger partial charge in [0.2, 0.25) is 12.3 Å². The lowest BCUT2D eigenvalue weighted by Gasteiger charge is -2.36. The van der Waals surface area contributed by atoms with Crippen LogP contribution in [-0.4, -0.2) is 38.9 Å². The molecule has 0 bridgehead atoms. The number of imidazole rings is 1. The van der Waals surface area contributed by atoms with Gasteiger partial charge >= 0.3 is 17.8 Å². The van der Waals surface area contributed by atoms with Crippen molar-refractivity contribution < 1.29 is 37.2 Å². The van der Waals surface area contributed by atoms with Crippen molar-refractivity contribution in [1.29, 1.82) is 5.26 Å². The minimum atomic E-state index is -4.63. The smallest absolute Gasteiger partial charge is 0.416 e. The van der Waals surface area contributed by atoms with Crippen molar-refractivity contribution >= 4 is 24.1 Å². The molecule has 1 atom stereocenters. The number of hydrogen-bond donors (Lipinski definition) is 1. The number of carbonyl (C=O) groups is 2. The number of carboxylic acid groups (broad SMARTS) is 1. The fourth-order valence-electron chi connectivity index (χ4n) is 5.77. The van der Waals surface area contributed by atoms with E-state index in [0.717, 1.165) is 17.8 Å². The summed E-state index contributed by atoms with van der Waals surface area (Å²) in [5.74, 6) is -0.785. The average molecular weight is 672 g/mol. The molecule has 0 radical (unpaired) electrons. The van der Waals surface area contributed by atoms with Crippen molar-refractivity contribution in [3.8, 4) is 11.8 Å². The Labute approximate surface area is 277 Å². The number of aromatic amines is 1. The monoisotopic (exact) mass is 671 g/mol. The number of rotatable bonds is 7. The van der Waals surface area contributed by atoms with Crippen molar-refractivity contribution in [3.63, 3.8) is 0 Å². The largest absolute Gasteiger partial charge is 0.554 e. The van der Waals surface area contributed by atoms with Crippen LogP contribution >= 0.6 is 0 Å². The molecule has 0 amide bonds. The number of H-pyrrole nitrogens is 1. The highest BCUT2D eigenvalue weighted by Gasteiger charge is 2.41.